The predicted octanol–water partition coefficient (Wildman–Crippen LogP) is 7.87. The number of amides is 2. The zero-order chi connectivity index (χ0) is 38.6. The number of benzene rings is 1. The minimum absolute atomic E-state index is 0.00114. The van der Waals surface area contributed by atoms with Crippen molar-refractivity contribution in [1.29, 1.82) is 0 Å². The van der Waals surface area contributed by atoms with E-state index >= 15 is 0 Å². The summed E-state index contributed by atoms with van der Waals surface area (Å²) in [6, 6.07) is 8.53. The smallest absolute Gasteiger partial charge is 0.425 e. The van der Waals surface area contributed by atoms with Gasteiger partial charge in [0.2, 0.25) is 5.60 Å². The number of thioether (sulfide) groups is 1. The molecular weight excluding hydrogens is 749 g/mol. The fraction of sp³-hybridized carbons (Fsp3) is 0.500. The summed E-state index contributed by atoms with van der Waals surface area (Å²) >= 11 is 1.78. The van der Waals surface area contributed by atoms with Crippen LogP contribution in [0.3, 0.4) is 0 Å². The van der Waals surface area contributed by atoms with E-state index in [1.165, 1.54) is 16.7 Å². The monoisotopic (exact) mass is 787 g/mol. The normalized spacial score (nSPS) is 20.6. The standard InChI is InChI=1S/C36H39F6N3O6S2/c1-2-8-27-34(51-23-21-28(53-22-23)36(40,41)42,13-7-17-45(27)31(48)30-25(35(37,38)39)10-5-16-43-30)32(49)44-18-14-33(50,15-19-44)24-9-3-4-11-26(24)52-20-6-12-29(46)47/h3-5,9-11,16,21-22,27,50H,2,6-8,12-15,17-20H2,1H3,(H,46,47)/t27-,34+/m1/s1. The first-order chi connectivity index (χ1) is 25.0. The molecule has 2 aliphatic heterocycles. The molecule has 0 radical (unpaired) electrons. The summed E-state index contributed by atoms with van der Waals surface area (Å²) in [6.45, 7) is 1.70. The van der Waals surface area contributed by atoms with Crippen LogP contribution in [0.25, 0.3) is 0 Å². The van der Waals surface area contributed by atoms with Gasteiger partial charge in [0, 0.05) is 55.0 Å². The van der Waals surface area contributed by atoms with Crippen LogP contribution in [-0.2, 0) is 27.5 Å². The third-order valence-electron chi connectivity index (χ3n) is 9.58. The molecule has 3 aromatic rings. The Bertz CT molecular complexity index is 1780. The van der Waals surface area contributed by atoms with E-state index in [-0.39, 0.29) is 63.9 Å². The van der Waals surface area contributed by atoms with Crippen molar-refractivity contribution in [3.63, 3.8) is 0 Å². The van der Waals surface area contributed by atoms with E-state index in [2.05, 4.69) is 4.98 Å². The van der Waals surface area contributed by atoms with Crippen LogP contribution in [0, 0.1) is 0 Å². The van der Waals surface area contributed by atoms with Gasteiger partial charge < -0.3 is 24.7 Å². The summed E-state index contributed by atoms with van der Waals surface area (Å²) < 4.78 is 89.3. The van der Waals surface area contributed by atoms with Gasteiger partial charge >= 0.3 is 18.3 Å². The van der Waals surface area contributed by atoms with E-state index in [0.717, 1.165) is 39.6 Å². The first kappa shape index (κ1) is 40.4. The molecule has 2 atom stereocenters. The maximum Gasteiger partial charge on any atom is 0.425 e. The fourth-order valence-corrected chi connectivity index (χ4v) is 8.85. The molecule has 0 aliphatic carbocycles. The molecule has 2 fully saturated rings. The number of thiophene rings is 1. The molecule has 0 saturated carbocycles. The first-order valence-corrected chi connectivity index (χ1v) is 19.0. The lowest BCUT2D eigenvalue weighted by atomic mass is 9.78. The van der Waals surface area contributed by atoms with E-state index in [0.29, 0.717) is 35.5 Å². The molecule has 2 amide bonds. The van der Waals surface area contributed by atoms with Gasteiger partial charge in [0.05, 0.1) is 17.2 Å². The number of nitrogens with zero attached hydrogens (tertiary/aromatic N) is 3. The molecule has 5 rings (SSSR count). The molecule has 2 N–H and O–H groups in total. The molecule has 2 aliphatic rings. The molecule has 1 aromatic carbocycles. The minimum atomic E-state index is -4.91. The molecule has 288 valence electrons. The van der Waals surface area contributed by atoms with E-state index < -0.39 is 63.5 Å². The van der Waals surface area contributed by atoms with Gasteiger partial charge in [-0.2, -0.15) is 26.3 Å². The van der Waals surface area contributed by atoms with Crippen molar-refractivity contribution in [3.05, 3.63) is 75.7 Å². The Morgan fingerprint density at radius 2 is 1.74 bits per heavy atom. The lowest BCUT2D eigenvalue weighted by Gasteiger charge is -2.51. The molecule has 4 heterocycles. The molecule has 9 nitrogen and oxygen atoms in total. The molecule has 0 unspecified atom stereocenters. The Labute approximate surface area is 310 Å². The molecule has 53 heavy (non-hydrogen) atoms. The number of piperidine rings is 2. The Hall–Kier alpha value is -3.83. The number of ether oxygens (including phenoxy) is 1. The van der Waals surface area contributed by atoms with Crippen LogP contribution in [0.15, 0.2) is 58.9 Å². The molecule has 2 saturated heterocycles. The number of carbonyl (C=O) groups excluding carboxylic acids is 2. The Balaban J connectivity index is 1.48. The molecule has 0 spiro atoms. The number of aliphatic hydroxyl groups is 1. The average molecular weight is 788 g/mol. The largest absolute Gasteiger partial charge is 0.481 e. The number of carboxylic acids is 1. The zero-order valence-corrected chi connectivity index (χ0v) is 30.3. The minimum Gasteiger partial charge on any atom is -0.481 e. The molecule has 17 heteroatoms. The Kier molecular flexibility index (Phi) is 12.4. The van der Waals surface area contributed by atoms with Crippen molar-refractivity contribution in [2.45, 2.75) is 92.8 Å². The number of halogens is 6. The van der Waals surface area contributed by atoms with Crippen LogP contribution < -0.4 is 4.74 Å². The fourth-order valence-electron chi connectivity index (χ4n) is 7.07. The summed E-state index contributed by atoms with van der Waals surface area (Å²) in [5.41, 5.74) is -4.85. The number of alkyl halides is 6. The number of carbonyl (C=O) groups is 3. The Morgan fingerprint density at radius 3 is 2.38 bits per heavy atom. The third kappa shape index (κ3) is 8.94. The van der Waals surface area contributed by atoms with Gasteiger partial charge in [0.25, 0.3) is 11.8 Å². The number of pyridine rings is 1. The van der Waals surface area contributed by atoms with Crippen molar-refractivity contribution < 1.29 is 55.7 Å². The predicted molar refractivity (Wildman–Crippen MR) is 185 cm³/mol. The first-order valence-electron chi connectivity index (χ1n) is 17.1. The lowest BCUT2D eigenvalue weighted by Crippen LogP contribution is -2.68. The van der Waals surface area contributed by atoms with Gasteiger partial charge in [-0.15, -0.1) is 23.1 Å². The van der Waals surface area contributed by atoms with Crippen LogP contribution in [-0.4, -0.2) is 79.8 Å². The van der Waals surface area contributed by atoms with Crippen LogP contribution in [0.1, 0.15) is 84.8 Å². The molecule has 2 aromatic heterocycles. The number of carboxylic acid groups (broad SMARTS) is 1. The van der Waals surface area contributed by atoms with Crippen molar-refractivity contribution in [3.8, 4) is 5.75 Å². The maximum atomic E-state index is 14.9. The third-order valence-corrected chi connectivity index (χ3v) is 11.7. The SMILES string of the molecule is CCC[C@H]1N(C(=O)c2ncccc2C(F)(F)F)CCC[C@@]1(Oc1csc(C(F)(F)F)c1)C(=O)N1CCC(O)(c2ccccc2SCCCC(=O)O)CC1. The van der Waals surface area contributed by atoms with E-state index in [4.69, 9.17) is 9.84 Å². The van der Waals surface area contributed by atoms with Crippen LogP contribution in [0.2, 0.25) is 0 Å². The van der Waals surface area contributed by atoms with E-state index in [1.54, 1.807) is 25.1 Å². The van der Waals surface area contributed by atoms with Gasteiger partial charge in [-0.05, 0) is 61.6 Å². The van der Waals surface area contributed by atoms with Gasteiger partial charge in [-0.25, -0.2) is 0 Å². The Morgan fingerprint density at radius 1 is 1.02 bits per heavy atom. The number of hydrogen-bond acceptors (Lipinski definition) is 8. The average Bonchev–Trinajstić information content (AvgIpc) is 3.60. The van der Waals surface area contributed by atoms with E-state index in [1.807, 2.05) is 6.07 Å². The van der Waals surface area contributed by atoms with Crippen molar-refractivity contribution >= 4 is 40.9 Å². The van der Waals surface area contributed by atoms with Crippen molar-refractivity contribution in [2.24, 2.45) is 0 Å². The summed E-state index contributed by atoms with van der Waals surface area (Å²) in [6.07, 6.45) is -7.52. The van der Waals surface area contributed by atoms with Crippen LogP contribution in [0.5, 0.6) is 5.75 Å². The van der Waals surface area contributed by atoms with Crippen molar-refractivity contribution in [2.75, 3.05) is 25.4 Å². The second-order valence-corrected chi connectivity index (χ2v) is 15.2. The summed E-state index contributed by atoms with van der Waals surface area (Å²) in [5.74, 6) is -2.40. The molecular formula is C36H39F6N3O6S2. The van der Waals surface area contributed by atoms with Crippen molar-refractivity contribution in [1.82, 2.24) is 14.8 Å². The second-order valence-electron chi connectivity index (χ2n) is 13.1. The summed E-state index contributed by atoms with van der Waals surface area (Å²) in [4.78, 5) is 46.0. The highest BCUT2D eigenvalue weighted by Crippen LogP contribution is 2.44. The number of hydrogen-bond donors (Lipinski definition) is 2. The number of likely N-dealkylation sites (tertiary alicyclic amines) is 2. The van der Waals surface area contributed by atoms with Gasteiger partial charge in [-0.1, -0.05) is 31.5 Å². The zero-order valence-electron chi connectivity index (χ0n) is 28.7. The highest BCUT2D eigenvalue weighted by atomic mass is 32.2. The number of aliphatic carboxylic acids is 1. The maximum absolute atomic E-state index is 14.9. The van der Waals surface area contributed by atoms with Gasteiger partial charge in [0.1, 0.15) is 16.3 Å². The summed E-state index contributed by atoms with van der Waals surface area (Å²) in [7, 11) is 0. The van der Waals surface area contributed by atoms with Gasteiger partial charge in [0.15, 0.2) is 0 Å². The quantitative estimate of drug-likeness (QED) is 0.108. The highest BCUT2D eigenvalue weighted by molar-refractivity contribution is 7.99. The van der Waals surface area contributed by atoms with Crippen LogP contribution >= 0.6 is 23.1 Å². The molecule has 0 bridgehead atoms. The lowest BCUT2D eigenvalue weighted by molar-refractivity contribution is -0.163. The van der Waals surface area contributed by atoms with Gasteiger partial charge in [-0.3, -0.25) is 19.4 Å². The van der Waals surface area contributed by atoms with E-state index in [9.17, 15) is 45.8 Å². The second kappa shape index (κ2) is 16.3. The number of rotatable bonds is 12. The topological polar surface area (TPSA) is 120 Å². The highest BCUT2D eigenvalue weighted by Gasteiger charge is 2.56. The van der Waals surface area contributed by atoms with Crippen LogP contribution in [0.4, 0.5) is 26.3 Å². The summed E-state index contributed by atoms with van der Waals surface area (Å²) in [5, 5.41) is 22.0. The number of aromatic nitrogens is 1.